The number of fused-ring (bicyclic) bond motifs is 4. The third-order valence-electron chi connectivity index (χ3n) is 7.99. The highest BCUT2D eigenvalue weighted by atomic mass is 16.2. The molecule has 0 radical (unpaired) electrons. The molecule has 5 nitrogen and oxygen atoms in total. The number of aromatic nitrogens is 1. The Labute approximate surface area is 237 Å². The Hall–Kier alpha value is -5.47. The first-order valence-corrected chi connectivity index (χ1v) is 13.5. The molecule has 0 fully saturated rings. The van der Waals surface area contributed by atoms with Gasteiger partial charge in [-0.15, -0.1) is 0 Å². The van der Waals surface area contributed by atoms with Crippen molar-refractivity contribution in [3.05, 3.63) is 130 Å². The van der Waals surface area contributed by atoms with Crippen molar-refractivity contribution in [2.24, 2.45) is 0 Å². The largest absolute Gasteiger partial charge is 0.308 e. The zero-order chi connectivity index (χ0) is 28.4. The van der Waals surface area contributed by atoms with E-state index in [1.165, 1.54) is 4.90 Å². The van der Waals surface area contributed by atoms with E-state index in [9.17, 15) is 14.9 Å². The van der Waals surface area contributed by atoms with E-state index in [0.29, 0.717) is 28.1 Å². The Kier molecular flexibility index (Phi) is 5.42. The summed E-state index contributed by atoms with van der Waals surface area (Å²) in [5.74, 6) is -0.643. The maximum atomic E-state index is 14.3. The van der Waals surface area contributed by atoms with Gasteiger partial charge in [0.15, 0.2) is 0 Å². The number of amides is 2. The molecule has 0 bridgehead atoms. The quantitative estimate of drug-likeness (QED) is 0.217. The molecule has 0 unspecified atom stereocenters. The van der Waals surface area contributed by atoms with Crippen LogP contribution in [0.25, 0.3) is 38.6 Å². The second kappa shape index (κ2) is 9.04. The van der Waals surface area contributed by atoms with Gasteiger partial charge in [0.2, 0.25) is 0 Å². The second-order valence-corrected chi connectivity index (χ2v) is 10.6. The SMILES string of the molecule is Cc1cc(C)c(N2C(=O)c3cccc(-n4c5ccccc5c5cccc(-c6cccc(C#N)c6)c54)c3C2=O)c(C)c1. The van der Waals surface area contributed by atoms with Crippen LogP contribution in [0.5, 0.6) is 0 Å². The molecule has 2 amide bonds. The average molecular weight is 532 g/mol. The lowest BCUT2D eigenvalue weighted by Gasteiger charge is -2.20. The fourth-order valence-electron chi connectivity index (χ4n) is 6.44. The van der Waals surface area contributed by atoms with Crippen molar-refractivity contribution in [2.45, 2.75) is 20.8 Å². The van der Waals surface area contributed by atoms with Gasteiger partial charge in [-0.05, 0) is 67.8 Å². The van der Waals surface area contributed by atoms with Crippen molar-refractivity contribution in [3.63, 3.8) is 0 Å². The maximum Gasteiger partial charge on any atom is 0.268 e. The molecule has 5 heteroatoms. The molecular weight excluding hydrogens is 506 g/mol. The van der Waals surface area contributed by atoms with Gasteiger partial charge in [-0.2, -0.15) is 5.26 Å². The van der Waals surface area contributed by atoms with E-state index in [-0.39, 0.29) is 11.8 Å². The zero-order valence-corrected chi connectivity index (χ0v) is 22.9. The minimum atomic E-state index is -0.328. The van der Waals surface area contributed by atoms with Gasteiger partial charge < -0.3 is 4.57 Å². The van der Waals surface area contributed by atoms with Gasteiger partial charge in [-0.1, -0.05) is 72.3 Å². The number of benzene rings is 5. The van der Waals surface area contributed by atoms with Crippen LogP contribution in [0.1, 0.15) is 43.0 Å². The smallest absolute Gasteiger partial charge is 0.268 e. The first-order chi connectivity index (χ1) is 19.9. The minimum absolute atomic E-state index is 0.315. The van der Waals surface area contributed by atoms with Crippen LogP contribution in [0.2, 0.25) is 0 Å². The van der Waals surface area contributed by atoms with Crippen LogP contribution in [0.3, 0.4) is 0 Å². The first kappa shape index (κ1) is 24.6. The Balaban J connectivity index is 1.54. The van der Waals surface area contributed by atoms with Crippen LogP contribution < -0.4 is 4.90 Å². The van der Waals surface area contributed by atoms with Crippen molar-refractivity contribution >= 4 is 39.3 Å². The number of para-hydroxylation sites is 2. The minimum Gasteiger partial charge on any atom is -0.308 e. The average Bonchev–Trinajstić information content (AvgIpc) is 3.44. The van der Waals surface area contributed by atoms with Crippen LogP contribution in [-0.4, -0.2) is 16.4 Å². The van der Waals surface area contributed by atoms with E-state index in [1.807, 2.05) is 93.6 Å². The van der Waals surface area contributed by atoms with E-state index >= 15 is 0 Å². The van der Waals surface area contributed by atoms with E-state index in [2.05, 4.69) is 22.8 Å². The monoisotopic (exact) mass is 531 g/mol. The summed E-state index contributed by atoms with van der Waals surface area (Å²) in [7, 11) is 0. The lowest BCUT2D eigenvalue weighted by molar-refractivity contribution is 0.0925. The number of nitrogens with zero attached hydrogens (tertiary/aromatic N) is 3. The highest BCUT2D eigenvalue weighted by molar-refractivity contribution is 6.36. The van der Waals surface area contributed by atoms with Crippen LogP contribution in [0.4, 0.5) is 5.69 Å². The molecule has 6 aromatic rings. The molecule has 0 saturated heterocycles. The van der Waals surface area contributed by atoms with Gasteiger partial charge in [-0.25, -0.2) is 4.90 Å². The molecule has 41 heavy (non-hydrogen) atoms. The van der Waals surface area contributed by atoms with Crippen molar-refractivity contribution in [3.8, 4) is 22.9 Å². The normalized spacial score (nSPS) is 12.8. The highest BCUT2D eigenvalue weighted by Crippen LogP contribution is 2.42. The van der Waals surface area contributed by atoms with Crippen molar-refractivity contribution < 1.29 is 9.59 Å². The van der Waals surface area contributed by atoms with E-state index in [1.54, 1.807) is 12.1 Å². The van der Waals surface area contributed by atoms with E-state index in [4.69, 9.17) is 0 Å². The van der Waals surface area contributed by atoms with Gasteiger partial charge in [0.1, 0.15) is 0 Å². The van der Waals surface area contributed by atoms with Gasteiger partial charge in [0, 0.05) is 16.3 Å². The Bertz CT molecular complexity index is 2120. The third kappa shape index (κ3) is 3.54. The highest BCUT2D eigenvalue weighted by Gasteiger charge is 2.40. The summed E-state index contributed by atoms with van der Waals surface area (Å²) in [6, 6.07) is 33.5. The molecule has 1 aliphatic rings. The van der Waals surface area contributed by atoms with Crippen molar-refractivity contribution in [1.82, 2.24) is 4.57 Å². The maximum absolute atomic E-state index is 14.3. The van der Waals surface area contributed by atoms with E-state index in [0.717, 1.165) is 49.6 Å². The summed E-state index contributed by atoms with van der Waals surface area (Å²) in [4.78, 5) is 29.5. The van der Waals surface area contributed by atoms with Gasteiger partial charge in [-0.3, -0.25) is 9.59 Å². The van der Waals surface area contributed by atoms with E-state index < -0.39 is 0 Å². The number of aryl methyl sites for hydroxylation is 3. The van der Waals surface area contributed by atoms with Gasteiger partial charge in [0.25, 0.3) is 11.8 Å². The topological polar surface area (TPSA) is 66.1 Å². The molecular formula is C36H25N3O2. The lowest BCUT2D eigenvalue weighted by Crippen LogP contribution is -2.31. The lowest BCUT2D eigenvalue weighted by atomic mass is 10.00. The number of nitriles is 1. The second-order valence-electron chi connectivity index (χ2n) is 10.6. The number of carbonyl (C=O) groups is 2. The number of hydrogen-bond acceptors (Lipinski definition) is 3. The molecule has 0 atom stereocenters. The van der Waals surface area contributed by atoms with Crippen LogP contribution >= 0.6 is 0 Å². The molecule has 0 saturated carbocycles. The number of anilines is 1. The van der Waals surface area contributed by atoms with Gasteiger partial charge >= 0.3 is 0 Å². The zero-order valence-electron chi connectivity index (χ0n) is 22.9. The molecule has 0 N–H and O–H groups in total. The summed E-state index contributed by atoms with van der Waals surface area (Å²) in [5, 5.41) is 11.6. The number of carbonyl (C=O) groups excluding carboxylic acids is 2. The fraction of sp³-hybridized carbons (Fsp3) is 0.0833. The Morgan fingerprint density at radius 3 is 2.15 bits per heavy atom. The predicted octanol–water partition coefficient (Wildman–Crippen LogP) is 8.05. The third-order valence-corrected chi connectivity index (χ3v) is 7.99. The Morgan fingerprint density at radius 2 is 1.37 bits per heavy atom. The van der Waals surface area contributed by atoms with Crippen LogP contribution in [0.15, 0.2) is 97.1 Å². The number of imide groups is 1. The summed E-state index contributed by atoms with van der Waals surface area (Å²) >= 11 is 0. The summed E-state index contributed by atoms with van der Waals surface area (Å²) in [5.41, 5.74) is 9.19. The van der Waals surface area contributed by atoms with Gasteiger partial charge in [0.05, 0.1) is 45.2 Å². The molecule has 1 aromatic heterocycles. The van der Waals surface area contributed by atoms with Crippen LogP contribution in [-0.2, 0) is 0 Å². The Morgan fingerprint density at radius 1 is 0.683 bits per heavy atom. The molecule has 5 aromatic carbocycles. The number of rotatable bonds is 3. The molecule has 7 rings (SSSR count). The molecule has 0 spiro atoms. The summed E-state index contributed by atoms with van der Waals surface area (Å²) in [6.45, 7) is 5.89. The van der Waals surface area contributed by atoms with Crippen molar-refractivity contribution in [1.29, 1.82) is 5.26 Å². The van der Waals surface area contributed by atoms with Crippen LogP contribution in [0, 0.1) is 32.1 Å². The predicted molar refractivity (Wildman–Crippen MR) is 163 cm³/mol. The summed E-state index contributed by atoms with van der Waals surface area (Å²) < 4.78 is 2.10. The van der Waals surface area contributed by atoms with Crippen molar-refractivity contribution in [2.75, 3.05) is 4.90 Å². The standard InChI is InChI=1S/C36H25N3O2/c1-21-17-22(2)33(23(3)18-21)39-35(40)29-14-8-16-31(32(29)36(39)41)38-30-15-5-4-11-27(30)28-13-7-12-26(34(28)38)25-10-6-9-24(19-25)20-37/h4-19H,1-3H3. The summed E-state index contributed by atoms with van der Waals surface area (Å²) in [6.07, 6.45) is 0. The fourth-order valence-corrected chi connectivity index (χ4v) is 6.44. The first-order valence-electron chi connectivity index (χ1n) is 13.5. The molecule has 0 aliphatic carbocycles. The molecule has 196 valence electrons. The molecule has 2 heterocycles. The number of hydrogen-bond donors (Lipinski definition) is 0. The molecule has 1 aliphatic heterocycles.